The molecule has 4 heteroatoms. The van der Waals surface area contributed by atoms with Crippen molar-refractivity contribution in [3.8, 4) is 0 Å². The van der Waals surface area contributed by atoms with Crippen LogP contribution in [0.15, 0.2) is 54.6 Å². The molecular weight excluding hydrogens is 316 g/mol. The van der Waals surface area contributed by atoms with Crippen LogP contribution in [0.4, 0.5) is 0 Å². The van der Waals surface area contributed by atoms with Crippen molar-refractivity contribution in [3.05, 3.63) is 71.3 Å². The summed E-state index contributed by atoms with van der Waals surface area (Å²) in [7, 11) is 0. The summed E-state index contributed by atoms with van der Waals surface area (Å²) in [6.07, 6.45) is 0.380. The summed E-state index contributed by atoms with van der Waals surface area (Å²) in [5, 5.41) is 29.6. The lowest BCUT2D eigenvalue weighted by molar-refractivity contribution is -0.179. The molecule has 134 valence electrons. The number of hydrogen-bond donors (Lipinski definition) is 3. The third kappa shape index (κ3) is 4.67. The van der Waals surface area contributed by atoms with Crippen molar-refractivity contribution in [1.82, 2.24) is 0 Å². The van der Waals surface area contributed by atoms with E-state index in [1.54, 1.807) is 0 Å². The zero-order valence-corrected chi connectivity index (χ0v) is 14.3. The summed E-state index contributed by atoms with van der Waals surface area (Å²) in [5.41, 5.74) is 3.37. The monoisotopic (exact) mass is 342 g/mol. The lowest BCUT2D eigenvalue weighted by atomic mass is 9.92. The van der Waals surface area contributed by atoms with Gasteiger partial charge in [0.1, 0.15) is 12.2 Å². The highest BCUT2D eigenvalue weighted by Gasteiger charge is 2.37. The zero-order valence-electron chi connectivity index (χ0n) is 14.3. The molecule has 3 N–H and O–H groups in total. The Kier molecular flexibility index (Phi) is 6.21. The van der Waals surface area contributed by atoms with Gasteiger partial charge in [-0.3, -0.25) is 0 Å². The van der Waals surface area contributed by atoms with Gasteiger partial charge in [-0.05, 0) is 36.0 Å². The molecule has 0 spiro atoms. The van der Waals surface area contributed by atoms with Crippen LogP contribution in [0.25, 0.3) is 0 Å². The smallest absolute Gasteiger partial charge is 0.111 e. The molecule has 0 saturated carbocycles. The van der Waals surface area contributed by atoms with E-state index in [0.29, 0.717) is 0 Å². The normalized spacial score (nSPS) is 26.5. The predicted molar refractivity (Wildman–Crippen MR) is 96.2 cm³/mol. The van der Waals surface area contributed by atoms with Gasteiger partial charge in [0.15, 0.2) is 0 Å². The summed E-state index contributed by atoms with van der Waals surface area (Å²) >= 11 is 0. The summed E-state index contributed by atoms with van der Waals surface area (Å²) in [6, 6.07) is 18.4. The van der Waals surface area contributed by atoms with Crippen LogP contribution in [0.3, 0.4) is 0 Å². The molecule has 0 aliphatic carbocycles. The summed E-state index contributed by atoms with van der Waals surface area (Å²) < 4.78 is 5.77. The van der Waals surface area contributed by atoms with Gasteiger partial charge in [0.25, 0.3) is 0 Å². The molecule has 0 radical (unpaired) electrons. The van der Waals surface area contributed by atoms with Crippen LogP contribution in [0.5, 0.6) is 0 Å². The van der Waals surface area contributed by atoms with Crippen LogP contribution in [0.1, 0.15) is 35.6 Å². The van der Waals surface area contributed by atoms with Crippen molar-refractivity contribution < 1.29 is 20.1 Å². The van der Waals surface area contributed by atoms with Gasteiger partial charge in [0.2, 0.25) is 0 Å². The second kappa shape index (κ2) is 8.59. The highest BCUT2D eigenvalue weighted by Crippen LogP contribution is 2.32. The van der Waals surface area contributed by atoms with Crippen molar-refractivity contribution in [2.75, 3.05) is 6.61 Å². The number of ether oxygens (including phenoxy) is 1. The van der Waals surface area contributed by atoms with E-state index in [1.165, 1.54) is 11.1 Å². The van der Waals surface area contributed by atoms with Gasteiger partial charge in [-0.1, -0.05) is 54.6 Å². The van der Waals surface area contributed by atoms with Crippen molar-refractivity contribution in [1.29, 1.82) is 0 Å². The van der Waals surface area contributed by atoms with E-state index in [1.807, 2.05) is 24.3 Å². The van der Waals surface area contributed by atoms with Gasteiger partial charge in [-0.25, -0.2) is 0 Å². The number of aryl methyl sites for hydroxylation is 2. The lowest BCUT2D eigenvalue weighted by Crippen LogP contribution is -2.44. The van der Waals surface area contributed by atoms with Gasteiger partial charge in [0.05, 0.1) is 18.8 Å². The molecule has 4 atom stereocenters. The lowest BCUT2D eigenvalue weighted by Gasteiger charge is -2.37. The quantitative estimate of drug-likeness (QED) is 0.754. The molecule has 1 fully saturated rings. The fourth-order valence-corrected chi connectivity index (χ4v) is 3.41. The first-order valence-corrected chi connectivity index (χ1v) is 8.92. The molecular formula is C21H26O4. The van der Waals surface area contributed by atoms with E-state index in [0.717, 1.165) is 24.8 Å². The Balaban J connectivity index is 1.64. The SMILES string of the molecule is OC[C@@H]1C[C@H](O)[C@H](O)[C@@H](c2cccc(CCCc3ccccc3)c2)O1. The third-order valence-electron chi connectivity index (χ3n) is 4.80. The molecule has 0 aromatic heterocycles. The van der Waals surface area contributed by atoms with Crippen molar-refractivity contribution in [2.24, 2.45) is 0 Å². The Morgan fingerprint density at radius 1 is 0.920 bits per heavy atom. The van der Waals surface area contributed by atoms with E-state index in [9.17, 15) is 15.3 Å². The van der Waals surface area contributed by atoms with Crippen LogP contribution in [-0.2, 0) is 17.6 Å². The second-order valence-electron chi connectivity index (χ2n) is 6.74. The maximum absolute atomic E-state index is 10.3. The second-order valence-corrected chi connectivity index (χ2v) is 6.74. The van der Waals surface area contributed by atoms with E-state index >= 15 is 0 Å². The average molecular weight is 342 g/mol. The topological polar surface area (TPSA) is 69.9 Å². The van der Waals surface area contributed by atoms with Gasteiger partial charge in [-0.2, -0.15) is 0 Å². The average Bonchev–Trinajstić information content (AvgIpc) is 2.65. The fraction of sp³-hybridized carbons (Fsp3) is 0.429. The Bertz CT molecular complexity index is 658. The summed E-state index contributed by atoms with van der Waals surface area (Å²) in [6.45, 7) is -0.156. The van der Waals surface area contributed by atoms with Crippen LogP contribution >= 0.6 is 0 Å². The molecule has 1 aliphatic heterocycles. The van der Waals surface area contributed by atoms with E-state index < -0.39 is 24.4 Å². The maximum Gasteiger partial charge on any atom is 0.111 e. The molecule has 4 nitrogen and oxygen atoms in total. The first kappa shape index (κ1) is 18.1. The highest BCUT2D eigenvalue weighted by molar-refractivity contribution is 5.27. The third-order valence-corrected chi connectivity index (χ3v) is 4.80. The van der Waals surface area contributed by atoms with E-state index in [-0.39, 0.29) is 13.0 Å². The minimum Gasteiger partial charge on any atom is -0.394 e. The molecule has 0 bridgehead atoms. The molecule has 0 amide bonds. The van der Waals surface area contributed by atoms with Gasteiger partial charge in [0, 0.05) is 6.42 Å². The minimum absolute atomic E-state index is 0.156. The highest BCUT2D eigenvalue weighted by atomic mass is 16.5. The summed E-state index contributed by atoms with van der Waals surface area (Å²) in [5.74, 6) is 0. The number of aliphatic hydroxyl groups is 3. The fourth-order valence-electron chi connectivity index (χ4n) is 3.41. The van der Waals surface area contributed by atoms with Crippen molar-refractivity contribution in [3.63, 3.8) is 0 Å². The molecule has 2 aromatic rings. The maximum atomic E-state index is 10.3. The minimum atomic E-state index is -0.970. The van der Waals surface area contributed by atoms with Crippen molar-refractivity contribution >= 4 is 0 Å². The molecule has 0 unspecified atom stereocenters. The summed E-state index contributed by atoms with van der Waals surface area (Å²) in [4.78, 5) is 0. The molecule has 2 aromatic carbocycles. The predicted octanol–water partition coefficient (Wildman–Crippen LogP) is 2.41. The van der Waals surface area contributed by atoms with Crippen LogP contribution in [0, 0.1) is 0 Å². The van der Waals surface area contributed by atoms with Crippen LogP contribution in [0.2, 0.25) is 0 Å². The Hall–Kier alpha value is -1.72. The molecule has 1 aliphatic rings. The van der Waals surface area contributed by atoms with Crippen LogP contribution in [-0.4, -0.2) is 40.2 Å². The first-order chi connectivity index (χ1) is 12.2. The Morgan fingerprint density at radius 3 is 2.40 bits per heavy atom. The van der Waals surface area contributed by atoms with E-state index in [4.69, 9.17) is 4.74 Å². The van der Waals surface area contributed by atoms with Crippen molar-refractivity contribution in [2.45, 2.75) is 50.1 Å². The molecule has 1 saturated heterocycles. The largest absolute Gasteiger partial charge is 0.394 e. The van der Waals surface area contributed by atoms with Crippen LogP contribution < -0.4 is 0 Å². The first-order valence-electron chi connectivity index (χ1n) is 8.92. The molecule has 3 rings (SSSR count). The molecule has 1 heterocycles. The van der Waals surface area contributed by atoms with Gasteiger partial charge >= 0.3 is 0 Å². The van der Waals surface area contributed by atoms with Gasteiger partial charge in [-0.15, -0.1) is 0 Å². The number of rotatable bonds is 6. The number of aliphatic hydroxyl groups excluding tert-OH is 3. The van der Waals surface area contributed by atoms with Gasteiger partial charge < -0.3 is 20.1 Å². The zero-order chi connectivity index (χ0) is 17.6. The molecule has 25 heavy (non-hydrogen) atoms. The standard InChI is InChI=1S/C21H26O4/c22-14-18-13-19(23)20(24)21(25-18)17-11-5-10-16(12-17)9-4-8-15-6-2-1-3-7-15/h1-3,5-7,10-12,18-24H,4,8-9,13-14H2/t18-,19-,20-,21+/m0/s1. The van der Waals surface area contributed by atoms with E-state index in [2.05, 4.69) is 30.3 Å². The number of hydrogen-bond acceptors (Lipinski definition) is 4. The number of benzene rings is 2. The Labute approximate surface area is 148 Å². The Morgan fingerprint density at radius 2 is 1.64 bits per heavy atom.